The first-order valence-corrected chi connectivity index (χ1v) is 11.1. The van der Waals surface area contributed by atoms with E-state index in [4.69, 9.17) is 23.1 Å². The van der Waals surface area contributed by atoms with Gasteiger partial charge in [0.25, 0.3) is 5.91 Å². The highest BCUT2D eigenvalue weighted by atomic mass is 35.5. The van der Waals surface area contributed by atoms with Crippen molar-refractivity contribution in [3.8, 4) is 17.2 Å². The number of carbonyl (C=O) groups is 1. The van der Waals surface area contributed by atoms with Gasteiger partial charge in [0.2, 0.25) is 0 Å². The number of nitrogens with two attached hydrogens (primary N) is 2. The van der Waals surface area contributed by atoms with Gasteiger partial charge >= 0.3 is 0 Å². The normalized spacial score (nSPS) is 11.0. The highest BCUT2D eigenvalue weighted by molar-refractivity contribution is 7.21. The molecule has 32 heavy (non-hydrogen) atoms. The van der Waals surface area contributed by atoms with Crippen molar-refractivity contribution in [1.29, 1.82) is 5.26 Å². The van der Waals surface area contributed by atoms with E-state index < -0.39 is 0 Å². The van der Waals surface area contributed by atoms with Crippen molar-refractivity contribution in [1.82, 2.24) is 4.98 Å². The number of hydrogen-bond donors (Lipinski definition) is 3. The minimum atomic E-state index is -0.369. The Morgan fingerprint density at radius 3 is 2.38 bits per heavy atom. The smallest absolute Gasteiger partial charge is 0.267 e. The van der Waals surface area contributed by atoms with Gasteiger partial charge in [-0.25, -0.2) is 4.98 Å². The third kappa shape index (κ3) is 3.86. The molecule has 0 aliphatic carbocycles. The fourth-order valence-corrected chi connectivity index (χ4v) is 4.63. The molecule has 2 aromatic carbocycles. The van der Waals surface area contributed by atoms with Gasteiger partial charge in [0.15, 0.2) is 0 Å². The molecule has 5 N–H and O–H groups in total. The number of amides is 1. The van der Waals surface area contributed by atoms with E-state index in [2.05, 4.69) is 30.2 Å². The summed E-state index contributed by atoms with van der Waals surface area (Å²) >= 11 is 7.05. The fraction of sp³-hybridized carbons (Fsp3) is 0.125. The molecular formula is C24H20ClN5OS. The van der Waals surface area contributed by atoms with Crippen molar-refractivity contribution in [3.05, 3.63) is 69.6 Å². The molecule has 0 saturated heterocycles. The van der Waals surface area contributed by atoms with Gasteiger partial charge in [-0.3, -0.25) is 4.79 Å². The van der Waals surface area contributed by atoms with Crippen LogP contribution in [0.25, 0.3) is 21.3 Å². The van der Waals surface area contributed by atoms with Gasteiger partial charge in [0.1, 0.15) is 27.2 Å². The van der Waals surface area contributed by atoms with Crippen LogP contribution < -0.4 is 16.8 Å². The van der Waals surface area contributed by atoms with Crippen LogP contribution in [0.2, 0.25) is 5.02 Å². The van der Waals surface area contributed by atoms with E-state index in [1.807, 2.05) is 24.3 Å². The van der Waals surface area contributed by atoms with Crippen LogP contribution in [0.15, 0.2) is 48.5 Å². The molecule has 0 spiro atoms. The predicted molar refractivity (Wildman–Crippen MR) is 132 cm³/mol. The fourth-order valence-electron chi connectivity index (χ4n) is 3.50. The van der Waals surface area contributed by atoms with Gasteiger partial charge in [-0.15, -0.1) is 11.3 Å². The Balaban J connectivity index is 1.86. The van der Waals surface area contributed by atoms with E-state index in [1.54, 1.807) is 24.3 Å². The second kappa shape index (κ2) is 8.50. The predicted octanol–water partition coefficient (Wildman–Crippen LogP) is 6.03. The number of fused-ring (bicyclic) bond motifs is 1. The highest BCUT2D eigenvalue weighted by Gasteiger charge is 2.24. The molecule has 0 aliphatic heterocycles. The van der Waals surface area contributed by atoms with Crippen LogP contribution in [-0.2, 0) is 0 Å². The quantitative estimate of drug-likeness (QED) is 0.343. The first-order valence-electron chi connectivity index (χ1n) is 9.89. The highest BCUT2D eigenvalue weighted by Crippen LogP contribution is 2.43. The Labute approximate surface area is 194 Å². The van der Waals surface area contributed by atoms with E-state index in [0.717, 1.165) is 16.9 Å². The molecule has 0 fully saturated rings. The third-order valence-electron chi connectivity index (χ3n) is 5.19. The molecule has 4 aromatic rings. The summed E-state index contributed by atoms with van der Waals surface area (Å²) in [6.45, 7) is 4.22. The molecule has 0 saturated carbocycles. The number of pyridine rings is 1. The van der Waals surface area contributed by atoms with Crippen molar-refractivity contribution in [2.24, 2.45) is 0 Å². The van der Waals surface area contributed by atoms with Gasteiger partial charge in [0, 0.05) is 21.7 Å². The number of nitrogens with one attached hydrogen (secondary N) is 1. The molecule has 4 rings (SSSR count). The van der Waals surface area contributed by atoms with E-state index in [9.17, 15) is 10.1 Å². The number of thiophene rings is 1. The van der Waals surface area contributed by atoms with Gasteiger partial charge < -0.3 is 16.8 Å². The maximum Gasteiger partial charge on any atom is 0.267 e. The number of nitriles is 1. The zero-order valence-corrected chi connectivity index (χ0v) is 19.0. The van der Waals surface area contributed by atoms with E-state index in [-0.39, 0.29) is 23.0 Å². The zero-order chi connectivity index (χ0) is 23.0. The van der Waals surface area contributed by atoms with Gasteiger partial charge in [-0.2, -0.15) is 5.26 Å². The van der Waals surface area contributed by atoms with Gasteiger partial charge in [0.05, 0.1) is 5.69 Å². The third-order valence-corrected chi connectivity index (χ3v) is 6.54. The molecule has 0 bridgehead atoms. The van der Waals surface area contributed by atoms with Crippen molar-refractivity contribution in [2.45, 2.75) is 19.8 Å². The lowest BCUT2D eigenvalue weighted by Crippen LogP contribution is -2.11. The maximum absolute atomic E-state index is 13.0. The van der Waals surface area contributed by atoms with Crippen LogP contribution in [0, 0.1) is 11.3 Å². The molecule has 0 aliphatic rings. The number of carbonyl (C=O) groups excluding carboxylic acids is 1. The zero-order valence-electron chi connectivity index (χ0n) is 17.4. The lowest BCUT2D eigenvalue weighted by atomic mass is 9.94. The Kier molecular flexibility index (Phi) is 5.74. The number of nitrogens with zero attached hydrogens (tertiary/aromatic N) is 2. The monoisotopic (exact) mass is 461 g/mol. The van der Waals surface area contributed by atoms with Crippen molar-refractivity contribution < 1.29 is 4.79 Å². The number of nitrogen functional groups attached to an aromatic ring is 2. The van der Waals surface area contributed by atoms with Crippen LogP contribution in [0.4, 0.5) is 17.2 Å². The summed E-state index contributed by atoms with van der Waals surface area (Å²) in [4.78, 5) is 18.1. The summed E-state index contributed by atoms with van der Waals surface area (Å²) in [7, 11) is 0. The number of hydrogen-bond acceptors (Lipinski definition) is 6. The summed E-state index contributed by atoms with van der Waals surface area (Å²) in [6.07, 6.45) is 0. The first-order chi connectivity index (χ1) is 15.3. The Morgan fingerprint density at radius 1 is 1.12 bits per heavy atom. The molecule has 2 heterocycles. The van der Waals surface area contributed by atoms with Gasteiger partial charge in [-0.05, 0) is 41.3 Å². The van der Waals surface area contributed by atoms with Crippen molar-refractivity contribution in [3.63, 3.8) is 0 Å². The van der Waals surface area contributed by atoms with Crippen LogP contribution in [-0.4, -0.2) is 10.9 Å². The summed E-state index contributed by atoms with van der Waals surface area (Å²) in [5.74, 6) is 0.108. The first kappa shape index (κ1) is 21.6. The lowest BCUT2D eigenvalue weighted by molar-refractivity contribution is 0.103. The molecule has 2 aromatic heterocycles. The minimum absolute atomic E-state index is 0.105. The number of anilines is 3. The summed E-state index contributed by atoms with van der Waals surface area (Å²) in [5, 5.41) is 13.7. The van der Waals surface area contributed by atoms with E-state index >= 15 is 0 Å². The topological polar surface area (TPSA) is 118 Å². The lowest BCUT2D eigenvalue weighted by Gasteiger charge is -2.11. The molecule has 160 valence electrons. The molecule has 0 radical (unpaired) electrons. The number of halogens is 1. The second-order valence-corrected chi connectivity index (χ2v) is 9.06. The average molecular weight is 462 g/mol. The summed E-state index contributed by atoms with van der Waals surface area (Å²) in [6, 6.07) is 16.8. The minimum Gasteiger partial charge on any atom is -0.397 e. The Hall–Kier alpha value is -3.60. The molecular weight excluding hydrogens is 442 g/mol. The molecule has 0 unspecified atom stereocenters. The Morgan fingerprint density at radius 2 is 1.78 bits per heavy atom. The molecule has 8 heteroatoms. The van der Waals surface area contributed by atoms with Crippen LogP contribution in [0.3, 0.4) is 0 Å². The summed E-state index contributed by atoms with van der Waals surface area (Å²) in [5.41, 5.74) is 16.2. The Bertz CT molecular complexity index is 1370. The van der Waals surface area contributed by atoms with Crippen molar-refractivity contribution in [2.75, 3.05) is 16.8 Å². The SMILES string of the molecule is CC(C)c1ccc(-c2c(C#N)c(N)nc3sc(C(=O)Nc4ccc(Cl)cc4)c(N)c23)cc1. The van der Waals surface area contributed by atoms with Crippen molar-refractivity contribution >= 4 is 56.3 Å². The van der Waals surface area contributed by atoms with E-state index in [0.29, 0.717) is 37.3 Å². The average Bonchev–Trinajstić information content (AvgIpc) is 3.10. The van der Waals surface area contributed by atoms with Crippen LogP contribution >= 0.6 is 22.9 Å². The largest absolute Gasteiger partial charge is 0.397 e. The number of aromatic nitrogens is 1. The number of rotatable bonds is 4. The van der Waals surface area contributed by atoms with Gasteiger partial charge in [-0.1, -0.05) is 49.7 Å². The molecule has 1 amide bonds. The summed E-state index contributed by atoms with van der Waals surface area (Å²) < 4.78 is 0. The molecule has 6 nitrogen and oxygen atoms in total. The molecule has 0 atom stereocenters. The second-order valence-electron chi connectivity index (χ2n) is 7.62. The maximum atomic E-state index is 13.0. The number of benzene rings is 2. The standard InChI is InChI=1S/C24H20ClN5OS/c1-12(2)13-3-5-14(6-4-13)18-17(11-26)22(28)30-24-19(18)20(27)21(32-24)23(31)29-16-9-7-15(25)8-10-16/h3-10,12H,27H2,1-2H3,(H2,28,30)(H,29,31). The van der Waals surface area contributed by atoms with Crippen LogP contribution in [0.1, 0.15) is 40.6 Å². The van der Waals surface area contributed by atoms with E-state index in [1.165, 1.54) is 5.56 Å². The van der Waals surface area contributed by atoms with Crippen LogP contribution in [0.5, 0.6) is 0 Å².